The standard InChI is InChI=1S/C28H38N2O2/c1-16-5-8-22-24(25(16)31-20-6-7-20)21(14-29-22)17(2)9-23-26(32-23)30-18-10-27(3)11-19(30)13-28(4,12-18)15-27/h5,8,14,17-20,23,26,29H,6-7,9-13,15H2,1-4H3. The van der Waals surface area contributed by atoms with Crippen LogP contribution in [0.3, 0.4) is 0 Å². The van der Waals surface area contributed by atoms with Crippen LogP contribution in [0.25, 0.3) is 10.9 Å². The van der Waals surface area contributed by atoms with Crippen molar-refractivity contribution >= 4 is 10.9 Å². The zero-order chi connectivity index (χ0) is 21.8. The van der Waals surface area contributed by atoms with Crippen molar-refractivity contribution in [2.75, 3.05) is 0 Å². The van der Waals surface area contributed by atoms with Gasteiger partial charge in [0.1, 0.15) is 18.1 Å². The Morgan fingerprint density at radius 1 is 1.12 bits per heavy atom. The zero-order valence-corrected chi connectivity index (χ0v) is 20.1. The minimum absolute atomic E-state index is 0.355. The van der Waals surface area contributed by atoms with Gasteiger partial charge in [-0.15, -0.1) is 0 Å². The maximum Gasteiger partial charge on any atom is 0.138 e. The van der Waals surface area contributed by atoms with Crippen molar-refractivity contribution in [3.63, 3.8) is 0 Å². The minimum atomic E-state index is 0.355. The summed E-state index contributed by atoms with van der Waals surface area (Å²) in [6.45, 7) is 9.65. The van der Waals surface area contributed by atoms with E-state index in [1.54, 1.807) is 0 Å². The van der Waals surface area contributed by atoms with Crippen LogP contribution in [0.5, 0.6) is 5.75 Å². The molecule has 0 spiro atoms. The highest BCUT2D eigenvalue weighted by atomic mass is 16.6. The van der Waals surface area contributed by atoms with E-state index in [0.29, 0.717) is 35.2 Å². The van der Waals surface area contributed by atoms with Gasteiger partial charge in [-0.1, -0.05) is 26.8 Å². The quantitative estimate of drug-likeness (QED) is 0.544. The minimum Gasteiger partial charge on any atom is -0.489 e. The predicted octanol–water partition coefficient (Wildman–Crippen LogP) is 6.28. The molecule has 4 heterocycles. The van der Waals surface area contributed by atoms with Gasteiger partial charge in [-0.25, -0.2) is 0 Å². The van der Waals surface area contributed by atoms with Crippen molar-refractivity contribution < 1.29 is 9.47 Å². The number of hydrogen-bond acceptors (Lipinski definition) is 3. The summed E-state index contributed by atoms with van der Waals surface area (Å²) in [5, 5.41) is 1.30. The molecule has 1 aromatic heterocycles. The number of aromatic amines is 1. The van der Waals surface area contributed by atoms with E-state index in [9.17, 15) is 0 Å². The lowest BCUT2D eigenvalue weighted by Gasteiger charge is -2.64. The number of aromatic nitrogens is 1. The Bertz CT molecular complexity index is 1030. The lowest BCUT2D eigenvalue weighted by Crippen LogP contribution is -2.64. The summed E-state index contributed by atoms with van der Waals surface area (Å²) in [6, 6.07) is 5.88. The number of aryl methyl sites for hydroxylation is 1. The van der Waals surface area contributed by atoms with E-state index in [2.05, 4.69) is 55.9 Å². The first-order chi connectivity index (χ1) is 15.3. The first-order valence-corrected chi connectivity index (χ1v) is 13.0. The van der Waals surface area contributed by atoms with Gasteiger partial charge >= 0.3 is 0 Å². The number of ether oxygens (including phenoxy) is 2. The summed E-state index contributed by atoms with van der Waals surface area (Å²) in [4.78, 5) is 6.34. The summed E-state index contributed by atoms with van der Waals surface area (Å²) in [7, 11) is 0. The average molecular weight is 435 g/mol. The second-order valence-electron chi connectivity index (χ2n) is 12.8. The van der Waals surface area contributed by atoms with E-state index < -0.39 is 0 Å². The molecule has 3 unspecified atom stereocenters. The summed E-state index contributed by atoms with van der Waals surface area (Å²) >= 11 is 0. The van der Waals surface area contributed by atoms with E-state index in [1.807, 2.05) is 0 Å². The summed E-state index contributed by atoms with van der Waals surface area (Å²) in [5.41, 5.74) is 5.00. The lowest BCUT2D eigenvalue weighted by molar-refractivity contribution is -0.152. The number of hydrogen-bond donors (Lipinski definition) is 1. The van der Waals surface area contributed by atoms with Gasteiger partial charge in [0.25, 0.3) is 0 Å². The zero-order valence-electron chi connectivity index (χ0n) is 20.1. The van der Waals surface area contributed by atoms with E-state index >= 15 is 0 Å². The second-order valence-corrected chi connectivity index (χ2v) is 12.8. The maximum atomic E-state index is 6.40. The van der Waals surface area contributed by atoms with Crippen LogP contribution in [0.15, 0.2) is 18.3 Å². The molecule has 0 amide bonds. The summed E-state index contributed by atoms with van der Waals surface area (Å²) in [6.07, 6.45) is 13.8. The molecule has 2 aromatic rings. The molecule has 1 N–H and O–H groups in total. The first-order valence-electron chi connectivity index (χ1n) is 13.0. The molecule has 4 heteroatoms. The molecule has 0 radical (unpaired) electrons. The Balaban J connectivity index is 1.10. The molecule has 8 rings (SSSR count). The van der Waals surface area contributed by atoms with Gasteiger partial charge in [-0.2, -0.15) is 0 Å². The molecular formula is C28H38N2O2. The molecule has 3 saturated heterocycles. The molecule has 6 aliphatic rings. The Kier molecular flexibility index (Phi) is 4.07. The molecule has 3 atom stereocenters. The Labute approximate surface area is 192 Å². The van der Waals surface area contributed by atoms with Crippen LogP contribution in [-0.4, -0.2) is 40.4 Å². The fourth-order valence-electron chi connectivity index (χ4n) is 8.30. The van der Waals surface area contributed by atoms with Crippen molar-refractivity contribution in [2.45, 2.75) is 115 Å². The van der Waals surface area contributed by atoms with Crippen LogP contribution in [0.4, 0.5) is 0 Å². The van der Waals surface area contributed by atoms with Gasteiger partial charge in [0.15, 0.2) is 0 Å². The van der Waals surface area contributed by atoms with E-state index in [1.165, 1.54) is 67.0 Å². The molecule has 3 aliphatic carbocycles. The third-order valence-electron chi connectivity index (χ3n) is 9.41. The van der Waals surface area contributed by atoms with Crippen molar-refractivity contribution in [1.29, 1.82) is 0 Å². The molecule has 6 fully saturated rings. The highest BCUT2D eigenvalue weighted by Gasteiger charge is 2.61. The topological polar surface area (TPSA) is 40.8 Å². The molecule has 1 aromatic carbocycles. The smallest absolute Gasteiger partial charge is 0.138 e. The Hall–Kier alpha value is -1.52. The highest BCUT2D eigenvalue weighted by molar-refractivity contribution is 5.91. The monoisotopic (exact) mass is 434 g/mol. The predicted molar refractivity (Wildman–Crippen MR) is 127 cm³/mol. The summed E-state index contributed by atoms with van der Waals surface area (Å²) in [5.74, 6) is 1.56. The van der Waals surface area contributed by atoms with Crippen LogP contribution >= 0.6 is 0 Å². The number of benzene rings is 1. The van der Waals surface area contributed by atoms with Gasteiger partial charge in [0.05, 0.1) is 6.10 Å². The number of H-pyrrole nitrogens is 1. The fourth-order valence-corrected chi connectivity index (χ4v) is 8.30. The second kappa shape index (κ2) is 6.54. The molecule has 3 saturated carbocycles. The van der Waals surface area contributed by atoms with Crippen LogP contribution in [0.2, 0.25) is 0 Å². The van der Waals surface area contributed by atoms with Crippen molar-refractivity contribution in [2.24, 2.45) is 10.8 Å². The molecule has 172 valence electrons. The van der Waals surface area contributed by atoms with Crippen LogP contribution < -0.4 is 4.74 Å². The largest absolute Gasteiger partial charge is 0.489 e. The number of fused-ring (bicyclic) bond motifs is 1. The molecule has 4 bridgehead atoms. The van der Waals surface area contributed by atoms with Gasteiger partial charge in [0, 0.05) is 29.2 Å². The number of rotatable bonds is 6. The van der Waals surface area contributed by atoms with Gasteiger partial charge < -0.3 is 14.5 Å². The number of piperidine rings is 2. The van der Waals surface area contributed by atoms with E-state index in [4.69, 9.17) is 9.47 Å². The SMILES string of the molecule is Cc1ccc2[nH]cc(C(C)CC3OC3N3C4CC5(C)CC3CC(C)(C4)C5)c2c1OC1CC1. The Morgan fingerprint density at radius 2 is 1.81 bits per heavy atom. The highest BCUT2D eigenvalue weighted by Crippen LogP contribution is 2.63. The average Bonchev–Trinajstić information content (AvgIpc) is 3.61. The molecule has 4 nitrogen and oxygen atoms in total. The molecule has 32 heavy (non-hydrogen) atoms. The van der Waals surface area contributed by atoms with Crippen molar-refractivity contribution in [3.8, 4) is 5.75 Å². The lowest BCUT2D eigenvalue weighted by atomic mass is 9.50. The van der Waals surface area contributed by atoms with Crippen LogP contribution in [0, 0.1) is 17.8 Å². The van der Waals surface area contributed by atoms with E-state index in [0.717, 1.165) is 24.3 Å². The third kappa shape index (κ3) is 3.09. The summed E-state index contributed by atoms with van der Waals surface area (Å²) < 4.78 is 12.8. The first kappa shape index (κ1) is 19.9. The normalized spacial score (nSPS) is 41.4. The van der Waals surface area contributed by atoms with E-state index in [-0.39, 0.29) is 0 Å². The molecular weight excluding hydrogens is 396 g/mol. The van der Waals surface area contributed by atoms with Crippen molar-refractivity contribution in [1.82, 2.24) is 9.88 Å². The van der Waals surface area contributed by atoms with Gasteiger partial charge in [0.2, 0.25) is 0 Å². The van der Waals surface area contributed by atoms with Crippen LogP contribution in [0.1, 0.15) is 89.2 Å². The number of epoxide rings is 1. The Morgan fingerprint density at radius 3 is 2.47 bits per heavy atom. The van der Waals surface area contributed by atoms with Gasteiger partial charge in [-0.3, -0.25) is 4.90 Å². The maximum absolute atomic E-state index is 6.40. The van der Waals surface area contributed by atoms with Crippen LogP contribution in [-0.2, 0) is 4.74 Å². The number of nitrogens with one attached hydrogen (secondary N) is 1. The third-order valence-corrected chi connectivity index (χ3v) is 9.41. The van der Waals surface area contributed by atoms with Crippen molar-refractivity contribution in [3.05, 3.63) is 29.5 Å². The number of nitrogens with zero attached hydrogens (tertiary/aromatic N) is 1. The fraction of sp³-hybridized carbons (Fsp3) is 0.714. The van der Waals surface area contributed by atoms with Gasteiger partial charge in [-0.05, 0) is 92.2 Å². The molecule has 3 aliphatic heterocycles.